The normalized spacial score (nSPS) is 10.6. The molecule has 0 spiro atoms. The number of hydrogen-bond acceptors (Lipinski definition) is 3. The third-order valence-corrected chi connectivity index (χ3v) is 5.13. The summed E-state index contributed by atoms with van der Waals surface area (Å²) in [6, 6.07) is 27.9. The van der Waals surface area contributed by atoms with Gasteiger partial charge in [-0.25, -0.2) is 0 Å². The number of amides is 1. The summed E-state index contributed by atoms with van der Waals surface area (Å²) in [5.41, 5.74) is 4.02. The van der Waals surface area contributed by atoms with Crippen LogP contribution in [0.2, 0.25) is 0 Å². The van der Waals surface area contributed by atoms with Crippen molar-refractivity contribution in [3.8, 4) is 16.8 Å². The first-order chi connectivity index (χ1) is 13.8. The van der Waals surface area contributed by atoms with Crippen molar-refractivity contribution in [3.63, 3.8) is 0 Å². The number of para-hydroxylation sites is 1. The van der Waals surface area contributed by atoms with Crippen LogP contribution in [0.3, 0.4) is 0 Å². The number of rotatable bonds is 6. The van der Waals surface area contributed by atoms with Crippen molar-refractivity contribution in [2.24, 2.45) is 0 Å². The van der Waals surface area contributed by atoms with Gasteiger partial charge in [0.2, 0.25) is 12.2 Å². The predicted molar refractivity (Wildman–Crippen MR) is 111 cm³/mol. The average Bonchev–Trinajstić information content (AvgIpc) is 3.23. The van der Waals surface area contributed by atoms with E-state index in [0.717, 1.165) is 27.7 Å². The second kappa shape index (κ2) is 8.54. The molecule has 0 aliphatic carbocycles. The number of H-pyrrole nitrogens is 1. The summed E-state index contributed by atoms with van der Waals surface area (Å²) >= 11 is 1.38. The number of aromatic amines is 1. The van der Waals surface area contributed by atoms with Crippen molar-refractivity contribution in [1.29, 1.82) is 0 Å². The fraction of sp³-hybridized carbons (Fsp3) is 0.0455. The molecular weight excluding hydrogens is 368 g/mol. The Morgan fingerprint density at radius 3 is 2.25 bits per heavy atom. The first kappa shape index (κ1) is 18.0. The van der Waals surface area contributed by atoms with E-state index in [2.05, 4.69) is 27.5 Å². The lowest BCUT2D eigenvalue weighted by molar-refractivity contribution is -0.694. The van der Waals surface area contributed by atoms with E-state index in [1.54, 1.807) is 6.33 Å². The molecule has 0 aliphatic heterocycles. The molecule has 0 atom stereocenters. The van der Waals surface area contributed by atoms with E-state index in [1.165, 1.54) is 11.8 Å². The lowest BCUT2D eigenvalue weighted by atomic mass is 10.1. The maximum absolute atomic E-state index is 12.3. The Balaban J connectivity index is 1.36. The molecule has 1 amide bonds. The fourth-order valence-electron chi connectivity index (χ4n) is 2.82. The quantitative estimate of drug-likeness (QED) is 0.387. The molecule has 0 unspecified atom stereocenters. The van der Waals surface area contributed by atoms with Crippen molar-refractivity contribution in [3.05, 3.63) is 91.3 Å². The fourth-order valence-corrected chi connectivity index (χ4v) is 3.57. The number of anilines is 1. The van der Waals surface area contributed by atoms with Crippen LogP contribution >= 0.6 is 11.8 Å². The monoisotopic (exact) mass is 387 g/mol. The molecule has 0 saturated carbocycles. The van der Waals surface area contributed by atoms with Gasteiger partial charge in [-0.2, -0.15) is 5.10 Å². The van der Waals surface area contributed by atoms with Crippen LogP contribution in [0.1, 0.15) is 0 Å². The highest BCUT2D eigenvalue weighted by Gasteiger charge is 2.18. The first-order valence-corrected chi connectivity index (χ1v) is 9.87. The number of carbonyl (C=O) groups is 1. The average molecular weight is 387 g/mol. The van der Waals surface area contributed by atoms with Gasteiger partial charge in [0.05, 0.1) is 5.75 Å². The van der Waals surface area contributed by atoms with Gasteiger partial charge in [-0.1, -0.05) is 60.7 Å². The second-order valence-corrected chi connectivity index (χ2v) is 7.06. The van der Waals surface area contributed by atoms with Crippen molar-refractivity contribution in [2.75, 3.05) is 11.1 Å². The minimum absolute atomic E-state index is 0.0694. The minimum atomic E-state index is -0.0694. The smallest absolute Gasteiger partial charge is 0.325 e. The highest BCUT2D eigenvalue weighted by Crippen LogP contribution is 2.21. The molecule has 2 N–H and O–H groups in total. The topological polar surface area (TPSA) is 61.7 Å². The Labute approximate surface area is 167 Å². The van der Waals surface area contributed by atoms with Crippen LogP contribution in [-0.4, -0.2) is 21.7 Å². The Kier molecular flexibility index (Phi) is 5.49. The van der Waals surface area contributed by atoms with E-state index >= 15 is 0 Å². The van der Waals surface area contributed by atoms with E-state index in [0.29, 0.717) is 0 Å². The summed E-state index contributed by atoms with van der Waals surface area (Å²) in [7, 11) is 0. The summed E-state index contributed by atoms with van der Waals surface area (Å²) in [6.45, 7) is 0. The highest BCUT2D eigenvalue weighted by atomic mass is 32.2. The summed E-state index contributed by atoms with van der Waals surface area (Å²) in [6.07, 6.45) is 1.62. The molecule has 0 fully saturated rings. The van der Waals surface area contributed by atoms with Gasteiger partial charge in [-0.3, -0.25) is 4.79 Å². The number of benzene rings is 3. The van der Waals surface area contributed by atoms with Crippen LogP contribution in [0.25, 0.3) is 16.8 Å². The molecular formula is C22H19N4OS+. The van der Waals surface area contributed by atoms with Gasteiger partial charge < -0.3 is 5.32 Å². The molecule has 1 heterocycles. The molecule has 0 aliphatic rings. The maximum Gasteiger partial charge on any atom is 0.385 e. The number of thioether (sulfide) groups is 1. The Morgan fingerprint density at radius 2 is 1.54 bits per heavy atom. The van der Waals surface area contributed by atoms with Crippen LogP contribution in [0.5, 0.6) is 0 Å². The molecule has 28 heavy (non-hydrogen) atoms. The summed E-state index contributed by atoms with van der Waals surface area (Å²) in [4.78, 5) is 16.6. The van der Waals surface area contributed by atoms with E-state index in [1.807, 2.05) is 77.5 Å². The molecule has 1 aromatic heterocycles. The number of hydrogen-bond donors (Lipinski definition) is 2. The zero-order valence-corrected chi connectivity index (χ0v) is 15.9. The largest absolute Gasteiger partial charge is 0.385 e. The zero-order chi connectivity index (χ0) is 19.2. The van der Waals surface area contributed by atoms with Gasteiger partial charge in [0, 0.05) is 5.69 Å². The van der Waals surface area contributed by atoms with Crippen LogP contribution < -0.4 is 10.00 Å². The number of carbonyl (C=O) groups excluding carboxylic acids is 1. The molecule has 3 aromatic carbocycles. The van der Waals surface area contributed by atoms with E-state index < -0.39 is 0 Å². The highest BCUT2D eigenvalue weighted by molar-refractivity contribution is 7.99. The zero-order valence-electron chi connectivity index (χ0n) is 15.1. The molecule has 138 valence electrons. The van der Waals surface area contributed by atoms with E-state index in [9.17, 15) is 4.79 Å². The van der Waals surface area contributed by atoms with E-state index in [4.69, 9.17) is 0 Å². The third kappa shape index (κ3) is 4.29. The second-order valence-electron chi connectivity index (χ2n) is 6.12. The van der Waals surface area contributed by atoms with Crippen molar-refractivity contribution in [2.45, 2.75) is 5.16 Å². The number of aromatic nitrogens is 3. The van der Waals surface area contributed by atoms with Crippen LogP contribution in [0.4, 0.5) is 5.69 Å². The lowest BCUT2D eigenvalue weighted by Gasteiger charge is -2.06. The lowest BCUT2D eigenvalue weighted by Crippen LogP contribution is -2.35. The van der Waals surface area contributed by atoms with Gasteiger partial charge in [-0.05, 0) is 52.1 Å². The minimum Gasteiger partial charge on any atom is -0.325 e. The number of nitrogens with zero attached hydrogens (tertiary/aromatic N) is 2. The van der Waals surface area contributed by atoms with Gasteiger partial charge in [0.15, 0.2) is 5.69 Å². The van der Waals surface area contributed by atoms with Gasteiger partial charge in [0.1, 0.15) is 0 Å². The molecule has 5 nitrogen and oxygen atoms in total. The molecule has 0 saturated heterocycles. The van der Waals surface area contributed by atoms with E-state index in [-0.39, 0.29) is 11.7 Å². The van der Waals surface area contributed by atoms with Crippen LogP contribution in [0.15, 0.2) is 96.4 Å². The summed E-state index contributed by atoms with van der Waals surface area (Å²) < 4.78 is 1.85. The van der Waals surface area contributed by atoms with Crippen molar-refractivity contribution >= 4 is 23.4 Å². The summed E-state index contributed by atoms with van der Waals surface area (Å²) in [5.74, 6) is 0.207. The predicted octanol–water partition coefficient (Wildman–Crippen LogP) is 4.08. The summed E-state index contributed by atoms with van der Waals surface area (Å²) in [5, 5.41) is 6.74. The Morgan fingerprint density at radius 1 is 0.893 bits per heavy atom. The van der Waals surface area contributed by atoms with Gasteiger partial charge in [-0.15, -0.1) is 4.68 Å². The molecule has 6 heteroatoms. The number of nitrogens with one attached hydrogen (secondary N) is 2. The molecule has 0 bridgehead atoms. The first-order valence-electron chi connectivity index (χ1n) is 8.88. The van der Waals surface area contributed by atoms with Crippen molar-refractivity contribution < 1.29 is 9.48 Å². The van der Waals surface area contributed by atoms with Gasteiger partial charge >= 0.3 is 5.16 Å². The molecule has 0 radical (unpaired) electrons. The standard InChI is InChI=1S/C22H18N4OS/c27-21(15-28-22-23-16-24-26(22)20-9-5-2-6-10-20)25-19-13-11-18(12-14-19)17-7-3-1-4-8-17/h1-14,16H,15H2,(H,25,27)/p+1. The Bertz CT molecular complexity index is 1050. The van der Waals surface area contributed by atoms with Crippen LogP contribution in [0, 0.1) is 0 Å². The maximum atomic E-state index is 12.3. The SMILES string of the molecule is O=C(CSc1nc[nH][n+]1-c1ccccc1)Nc1ccc(-c2ccccc2)cc1. The molecule has 4 rings (SSSR count). The van der Waals surface area contributed by atoms with Crippen molar-refractivity contribution in [1.82, 2.24) is 10.1 Å². The Hall–Kier alpha value is -3.38. The van der Waals surface area contributed by atoms with Crippen LogP contribution in [-0.2, 0) is 4.79 Å². The van der Waals surface area contributed by atoms with Gasteiger partial charge in [0.25, 0.3) is 0 Å². The molecule has 4 aromatic rings. The third-order valence-electron chi connectivity index (χ3n) is 4.18.